The molecule has 5 heteroatoms. The van der Waals surface area contributed by atoms with Crippen LogP contribution in [-0.4, -0.2) is 23.1 Å². The van der Waals surface area contributed by atoms with Crippen molar-refractivity contribution in [1.29, 1.82) is 5.26 Å². The van der Waals surface area contributed by atoms with Crippen LogP contribution in [0.2, 0.25) is 0 Å². The van der Waals surface area contributed by atoms with E-state index < -0.39 is 0 Å². The molecule has 2 rings (SSSR count). The van der Waals surface area contributed by atoms with Crippen LogP contribution in [0.5, 0.6) is 5.75 Å². The number of aromatic nitrogens is 2. The summed E-state index contributed by atoms with van der Waals surface area (Å²) in [6, 6.07) is 9.96. The minimum atomic E-state index is 0.312. The molecular formula is C15H16N4O. The van der Waals surface area contributed by atoms with Crippen LogP contribution in [0.25, 0.3) is 0 Å². The van der Waals surface area contributed by atoms with Gasteiger partial charge >= 0.3 is 0 Å². The first-order valence-electron chi connectivity index (χ1n) is 6.44. The third kappa shape index (κ3) is 3.95. The van der Waals surface area contributed by atoms with Crippen molar-refractivity contribution in [3.8, 4) is 11.8 Å². The number of ether oxygens (including phenoxy) is 1. The molecule has 0 bridgehead atoms. The maximum absolute atomic E-state index is 8.87. The van der Waals surface area contributed by atoms with Crippen molar-refractivity contribution < 1.29 is 4.74 Å². The topological polar surface area (TPSA) is 70.8 Å². The second-order valence-electron chi connectivity index (χ2n) is 4.31. The summed E-state index contributed by atoms with van der Waals surface area (Å²) in [5.74, 6) is 1.39. The van der Waals surface area contributed by atoms with E-state index in [1.165, 1.54) is 11.8 Å². The maximum atomic E-state index is 8.87. The zero-order valence-corrected chi connectivity index (χ0v) is 11.3. The molecule has 1 heterocycles. The zero-order chi connectivity index (χ0) is 14.2. The van der Waals surface area contributed by atoms with E-state index in [0.29, 0.717) is 24.7 Å². The van der Waals surface area contributed by atoms with Crippen LogP contribution in [0.1, 0.15) is 17.7 Å². The van der Waals surface area contributed by atoms with Crippen LogP contribution in [0.3, 0.4) is 0 Å². The van der Waals surface area contributed by atoms with Gasteiger partial charge < -0.3 is 10.1 Å². The van der Waals surface area contributed by atoms with E-state index in [9.17, 15) is 0 Å². The summed E-state index contributed by atoms with van der Waals surface area (Å²) < 4.78 is 5.61. The molecular weight excluding hydrogens is 252 g/mol. The highest BCUT2D eigenvalue weighted by Crippen LogP contribution is 2.11. The average molecular weight is 268 g/mol. The fourth-order valence-corrected chi connectivity index (χ4v) is 1.65. The van der Waals surface area contributed by atoms with Crippen LogP contribution in [-0.2, 0) is 0 Å². The molecule has 102 valence electrons. The monoisotopic (exact) mass is 268 g/mol. The number of nitrogens with zero attached hydrogens (tertiary/aromatic N) is 3. The number of anilines is 1. The van der Waals surface area contributed by atoms with Crippen molar-refractivity contribution in [3.05, 3.63) is 47.9 Å². The van der Waals surface area contributed by atoms with Gasteiger partial charge in [0.05, 0.1) is 6.61 Å². The molecule has 0 aliphatic heterocycles. The lowest BCUT2D eigenvalue weighted by Crippen LogP contribution is -2.09. The highest BCUT2D eigenvalue weighted by Gasteiger charge is 2.02. The van der Waals surface area contributed by atoms with Gasteiger partial charge in [-0.15, -0.1) is 0 Å². The molecule has 5 nitrogen and oxygen atoms in total. The molecule has 20 heavy (non-hydrogen) atoms. The Morgan fingerprint density at radius 1 is 1.20 bits per heavy atom. The summed E-state index contributed by atoms with van der Waals surface area (Å²) in [7, 11) is 0. The molecule has 1 aromatic carbocycles. The van der Waals surface area contributed by atoms with Gasteiger partial charge in [0.2, 0.25) is 0 Å². The predicted molar refractivity (Wildman–Crippen MR) is 76.5 cm³/mol. The summed E-state index contributed by atoms with van der Waals surface area (Å²) in [6.45, 7) is 3.33. The summed E-state index contributed by atoms with van der Waals surface area (Å²) in [6.07, 6.45) is 3.88. The second kappa shape index (κ2) is 7.10. The van der Waals surface area contributed by atoms with Gasteiger partial charge in [-0.3, -0.25) is 0 Å². The van der Waals surface area contributed by atoms with Crippen molar-refractivity contribution in [2.75, 3.05) is 18.5 Å². The van der Waals surface area contributed by atoms with E-state index in [0.717, 1.165) is 12.2 Å². The Kier molecular flexibility index (Phi) is 4.90. The third-order valence-corrected chi connectivity index (χ3v) is 2.71. The molecule has 1 aromatic heterocycles. The average Bonchev–Trinajstić information content (AvgIpc) is 2.49. The first-order valence-corrected chi connectivity index (χ1v) is 6.44. The van der Waals surface area contributed by atoms with Crippen LogP contribution >= 0.6 is 0 Å². The number of nitrogens with one attached hydrogen (secondary N) is 1. The summed E-state index contributed by atoms with van der Waals surface area (Å²) in [5, 5.41) is 12.0. The molecule has 0 aliphatic rings. The lowest BCUT2D eigenvalue weighted by atomic mass is 10.2. The van der Waals surface area contributed by atoms with Crippen molar-refractivity contribution in [1.82, 2.24) is 9.97 Å². The molecule has 0 saturated heterocycles. The first-order chi connectivity index (χ1) is 9.79. The lowest BCUT2D eigenvalue weighted by Gasteiger charge is -2.08. The minimum Gasteiger partial charge on any atom is -0.494 e. The zero-order valence-electron chi connectivity index (χ0n) is 11.3. The molecule has 0 atom stereocenters. The Balaban J connectivity index is 1.72. The van der Waals surface area contributed by atoms with Crippen molar-refractivity contribution in [3.63, 3.8) is 0 Å². The fourth-order valence-electron chi connectivity index (χ4n) is 1.65. The van der Waals surface area contributed by atoms with Gasteiger partial charge in [-0.2, -0.15) is 5.26 Å². The highest BCUT2D eigenvalue weighted by atomic mass is 16.5. The molecule has 1 N–H and O–H groups in total. The molecule has 0 unspecified atom stereocenters. The van der Waals surface area contributed by atoms with E-state index in [1.807, 2.05) is 37.3 Å². The van der Waals surface area contributed by atoms with Crippen molar-refractivity contribution >= 4 is 5.82 Å². The summed E-state index contributed by atoms with van der Waals surface area (Å²) in [5.41, 5.74) is 1.53. The van der Waals surface area contributed by atoms with Crippen LogP contribution in [0.15, 0.2) is 36.7 Å². The minimum absolute atomic E-state index is 0.312. The molecule has 0 saturated carbocycles. The molecule has 0 spiro atoms. The third-order valence-electron chi connectivity index (χ3n) is 2.71. The molecule has 0 amide bonds. The number of aryl methyl sites for hydroxylation is 1. The van der Waals surface area contributed by atoms with Crippen molar-refractivity contribution in [2.45, 2.75) is 13.3 Å². The quantitative estimate of drug-likeness (QED) is 0.815. The van der Waals surface area contributed by atoms with Gasteiger partial charge in [-0.05, 0) is 25.5 Å². The van der Waals surface area contributed by atoms with E-state index in [2.05, 4.69) is 15.3 Å². The normalized spacial score (nSPS) is 9.80. The largest absolute Gasteiger partial charge is 0.494 e. The smallest absolute Gasteiger partial charge is 0.182 e. The first kappa shape index (κ1) is 13.8. The molecule has 0 radical (unpaired) electrons. The highest BCUT2D eigenvalue weighted by molar-refractivity contribution is 5.46. The lowest BCUT2D eigenvalue weighted by molar-refractivity contribution is 0.315. The summed E-state index contributed by atoms with van der Waals surface area (Å²) in [4.78, 5) is 8.01. The number of benzene rings is 1. The van der Waals surface area contributed by atoms with E-state index >= 15 is 0 Å². The van der Waals surface area contributed by atoms with Gasteiger partial charge in [-0.25, -0.2) is 9.97 Å². The van der Waals surface area contributed by atoms with Gasteiger partial charge in [-0.1, -0.05) is 17.7 Å². The maximum Gasteiger partial charge on any atom is 0.182 e. The van der Waals surface area contributed by atoms with Crippen LogP contribution in [0, 0.1) is 18.3 Å². The van der Waals surface area contributed by atoms with Gasteiger partial charge in [0.1, 0.15) is 11.8 Å². The Morgan fingerprint density at radius 3 is 2.70 bits per heavy atom. The Morgan fingerprint density at radius 2 is 1.95 bits per heavy atom. The molecule has 2 aromatic rings. The molecule has 0 aliphatic carbocycles. The Bertz CT molecular complexity index is 590. The molecule has 0 fully saturated rings. The number of hydrogen-bond acceptors (Lipinski definition) is 5. The number of hydrogen-bond donors (Lipinski definition) is 1. The predicted octanol–water partition coefficient (Wildman–Crippen LogP) is 2.54. The Hall–Kier alpha value is -2.61. The standard InChI is InChI=1S/C15H16N4O/c1-12-3-5-13(6-4-12)20-10-2-7-18-15-14(11-16)17-8-9-19-15/h3-6,8-9H,2,7,10H2,1H3,(H,18,19). The Labute approximate surface area is 118 Å². The van der Waals surface area contributed by atoms with E-state index in [-0.39, 0.29) is 0 Å². The SMILES string of the molecule is Cc1ccc(OCCCNc2nccnc2C#N)cc1. The number of rotatable bonds is 6. The summed E-state index contributed by atoms with van der Waals surface area (Å²) >= 11 is 0. The van der Waals surface area contributed by atoms with E-state index in [4.69, 9.17) is 10.00 Å². The van der Waals surface area contributed by atoms with E-state index in [1.54, 1.807) is 6.20 Å². The van der Waals surface area contributed by atoms with Crippen LogP contribution < -0.4 is 10.1 Å². The fraction of sp³-hybridized carbons (Fsp3) is 0.267. The van der Waals surface area contributed by atoms with Crippen LogP contribution in [0.4, 0.5) is 5.82 Å². The second-order valence-corrected chi connectivity index (χ2v) is 4.31. The number of nitriles is 1. The van der Waals surface area contributed by atoms with Crippen molar-refractivity contribution in [2.24, 2.45) is 0 Å². The van der Waals surface area contributed by atoms with Gasteiger partial charge in [0.15, 0.2) is 11.5 Å². The van der Waals surface area contributed by atoms with Gasteiger partial charge in [0, 0.05) is 18.9 Å². The van der Waals surface area contributed by atoms with Gasteiger partial charge in [0.25, 0.3) is 0 Å².